The van der Waals surface area contributed by atoms with E-state index in [-0.39, 0.29) is 0 Å². The molecule has 0 amide bonds. The lowest BCUT2D eigenvalue weighted by atomic mass is 10.2. The first kappa shape index (κ1) is 17.1. The second kappa shape index (κ2) is 7.92. The lowest BCUT2D eigenvalue weighted by Gasteiger charge is -2.03. The number of para-hydroxylation sites is 1. The predicted molar refractivity (Wildman–Crippen MR) is 104 cm³/mol. The summed E-state index contributed by atoms with van der Waals surface area (Å²) in [7, 11) is 1.64. The van der Waals surface area contributed by atoms with Crippen LogP contribution in [0.5, 0.6) is 5.75 Å². The molecule has 0 aliphatic heterocycles. The second-order valence-electron chi connectivity index (χ2n) is 5.01. The highest BCUT2D eigenvalue weighted by molar-refractivity contribution is 7.71. The van der Waals surface area contributed by atoms with E-state index in [2.05, 4.69) is 15.3 Å². The van der Waals surface area contributed by atoms with E-state index < -0.39 is 0 Å². The Labute approximate surface area is 155 Å². The summed E-state index contributed by atoms with van der Waals surface area (Å²) >= 11 is 11.5. The molecule has 7 heteroatoms. The van der Waals surface area contributed by atoms with Crippen LogP contribution in [0.25, 0.3) is 17.5 Å². The number of allylic oxidation sites excluding steroid dienone is 1. The van der Waals surface area contributed by atoms with Crippen molar-refractivity contribution in [2.75, 3.05) is 7.11 Å². The van der Waals surface area contributed by atoms with Gasteiger partial charge in [0.2, 0.25) is 4.77 Å². The van der Waals surface area contributed by atoms with E-state index in [4.69, 9.17) is 28.6 Å². The van der Waals surface area contributed by atoms with Crippen LogP contribution in [0.3, 0.4) is 0 Å². The van der Waals surface area contributed by atoms with Crippen LogP contribution < -0.4 is 4.74 Å². The van der Waals surface area contributed by atoms with E-state index in [1.165, 1.54) is 4.68 Å². The number of rotatable bonds is 5. The standard InChI is InChI=1S/C18H15ClN4OS/c1-24-16-11-5-2-7-13(16)8-6-12-20-23-17(21-22-18(23)25)14-9-3-4-10-15(14)19/h2-12H,1H3,(H,22,25)/b8-6+,20-12+. The summed E-state index contributed by atoms with van der Waals surface area (Å²) in [6.45, 7) is 0. The summed E-state index contributed by atoms with van der Waals surface area (Å²) < 4.78 is 7.23. The molecular weight excluding hydrogens is 356 g/mol. The molecule has 0 fully saturated rings. The molecule has 25 heavy (non-hydrogen) atoms. The van der Waals surface area contributed by atoms with Crippen molar-refractivity contribution >= 4 is 36.1 Å². The molecule has 1 N–H and O–H groups in total. The summed E-state index contributed by atoms with van der Waals surface area (Å²) in [5, 5.41) is 11.9. The van der Waals surface area contributed by atoms with E-state index in [1.54, 1.807) is 19.4 Å². The molecule has 0 spiro atoms. The van der Waals surface area contributed by atoms with Gasteiger partial charge in [-0.25, -0.2) is 5.10 Å². The van der Waals surface area contributed by atoms with Crippen molar-refractivity contribution in [2.24, 2.45) is 5.10 Å². The molecule has 0 aliphatic rings. The summed E-state index contributed by atoms with van der Waals surface area (Å²) in [6.07, 6.45) is 5.35. The number of aromatic amines is 1. The van der Waals surface area contributed by atoms with E-state index >= 15 is 0 Å². The molecule has 1 aromatic heterocycles. The monoisotopic (exact) mass is 370 g/mol. The van der Waals surface area contributed by atoms with Gasteiger partial charge in [0.05, 0.1) is 12.1 Å². The number of methoxy groups -OCH3 is 1. The maximum absolute atomic E-state index is 6.23. The molecule has 0 unspecified atom stereocenters. The molecule has 0 aliphatic carbocycles. The van der Waals surface area contributed by atoms with Gasteiger partial charge >= 0.3 is 0 Å². The van der Waals surface area contributed by atoms with Gasteiger partial charge in [-0.15, -0.1) is 0 Å². The van der Waals surface area contributed by atoms with Crippen molar-refractivity contribution in [1.82, 2.24) is 14.9 Å². The molecule has 0 atom stereocenters. The third-order valence-corrected chi connectivity index (χ3v) is 4.04. The number of hydrogen-bond donors (Lipinski definition) is 1. The molecule has 2 aromatic carbocycles. The second-order valence-corrected chi connectivity index (χ2v) is 5.80. The number of nitrogens with zero attached hydrogens (tertiary/aromatic N) is 3. The van der Waals surface area contributed by atoms with Gasteiger partial charge in [-0.3, -0.25) is 0 Å². The minimum absolute atomic E-state index is 0.386. The van der Waals surface area contributed by atoms with Crippen LogP contribution in [-0.4, -0.2) is 28.2 Å². The fourth-order valence-electron chi connectivity index (χ4n) is 2.27. The number of ether oxygens (including phenoxy) is 1. The van der Waals surface area contributed by atoms with Crippen molar-refractivity contribution in [3.8, 4) is 17.1 Å². The maximum atomic E-state index is 6.23. The fourth-order valence-corrected chi connectivity index (χ4v) is 2.67. The molecule has 0 saturated carbocycles. The third kappa shape index (κ3) is 3.87. The van der Waals surface area contributed by atoms with Gasteiger partial charge in [0.15, 0.2) is 5.82 Å². The Morgan fingerprint density at radius 3 is 2.76 bits per heavy atom. The highest BCUT2D eigenvalue weighted by Gasteiger charge is 2.10. The highest BCUT2D eigenvalue weighted by atomic mass is 35.5. The normalized spacial score (nSPS) is 11.4. The summed E-state index contributed by atoms with van der Waals surface area (Å²) in [4.78, 5) is 0. The first-order valence-corrected chi connectivity index (χ1v) is 8.25. The lowest BCUT2D eigenvalue weighted by Crippen LogP contribution is -1.94. The highest BCUT2D eigenvalue weighted by Crippen LogP contribution is 2.25. The van der Waals surface area contributed by atoms with Crippen LogP contribution in [-0.2, 0) is 0 Å². The largest absolute Gasteiger partial charge is 0.496 e. The Bertz CT molecular complexity index is 990. The van der Waals surface area contributed by atoms with Gasteiger partial charge in [-0.2, -0.15) is 14.9 Å². The Balaban J connectivity index is 1.88. The smallest absolute Gasteiger partial charge is 0.216 e. The average Bonchev–Trinajstić information content (AvgIpc) is 3.00. The zero-order valence-corrected chi connectivity index (χ0v) is 15.0. The number of halogens is 1. The van der Waals surface area contributed by atoms with Crippen molar-refractivity contribution in [3.63, 3.8) is 0 Å². The summed E-state index contributed by atoms with van der Waals surface area (Å²) in [5.41, 5.74) is 1.71. The Morgan fingerprint density at radius 2 is 1.96 bits per heavy atom. The van der Waals surface area contributed by atoms with Gasteiger partial charge in [0.25, 0.3) is 0 Å². The molecule has 0 bridgehead atoms. The first-order chi connectivity index (χ1) is 12.2. The Kier molecular flexibility index (Phi) is 5.42. The average molecular weight is 371 g/mol. The number of H-pyrrole nitrogens is 1. The first-order valence-electron chi connectivity index (χ1n) is 7.47. The molecule has 3 rings (SSSR count). The summed E-state index contributed by atoms with van der Waals surface area (Å²) in [5.74, 6) is 1.35. The van der Waals surface area contributed by atoms with Gasteiger partial charge in [0.1, 0.15) is 5.75 Å². The minimum atomic E-state index is 0.386. The van der Waals surface area contributed by atoms with E-state index in [0.717, 1.165) is 16.9 Å². The van der Waals surface area contributed by atoms with Crippen molar-refractivity contribution in [2.45, 2.75) is 0 Å². The molecule has 126 valence electrons. The number of nitrogens with one attached hydrogen (secondary N) is 1. The Hall–Kier alpha value is -2.70. The van der Waals surface area contributed by atoms with Gasteiger partial charge in [-0.05, 0) is 42.6 Å². The fraction of sp³-hybridized carbons (Fsp3) is 0.0556. The molecule has 0 saturated heterocycles. The van der Waals surface area contributed by atoms with Crippen LogP contribution in [0, 0.1) is 4.77 Å². The van der Waals surface area contributed by atoms with Gasteiger partial charge < -0.3 is 4.74 Å². The maximum Gasteiger partial charge on any atom is 0.216 e. The topological polar surface area (TPSA) is 55.2 Å². The molecule has 1 heterocycles. The summed E-state index contributed by atoms with van der Waals surface area (Å²) in [6, 6.07) is 15.1. The zero-order valence-electron chi connectivity index (χ0n) is 13.4. The Morgan fingerprint density at radius 1 is 1.20 bits per heavy atom. The number of hydrogen-bond acceptors (Lipinski definition) is 4. The quantitative estimate of drug-likeness (QED) is 0.517. The zero-order chi connectivity index (χ0) is 17.6. The lowest BCUT2D eigenvalue weighted by molar-refractivity contribution is 0.414. The molecule has 0 radical (unpaired) electrons. The van der Waals surface area contributed by atoms with Crippen LogP contribution in [0.4, 0.5) is 0 Å². The SMILES string of the molecule is COc1ccccc1/C=C/C=N/n1c(-c2ccccc2Cl)n[nH]c1=S. The van der Waals surface area contributed by atoms with Crippen molar-refractivity contribution < 1.29 is 4.74 Å². The number of benzene rings is 2. The van der Waals surface area contributed by atoms with Gasteiger partial charge in [-0.1, -0.05) is 41.9 Å². The van der Waals surface area contributed by atoms with Crippen molar-refractivity contribution in [3.05, 3.63) is 70.0 Å². The van der Waals surface area contributed by atoms with Crippen molar-refractivity contribution in [1.29, 1.82) is 0 Å². The van der Waals surface area contributed by atoms with E-state index in [9.17, 15) is 0 Å². The predicted octanol–water partition coefficient (Wildman–Crippen LogP) is 4.82. The molecular formula is C18H15ClN4OS. The number of aromatic nitrogens is 3. The van der Waals surface area contributed by atoms with Crippen LogP contribution >= 0.6 is 23.8 Å². The van der Waals surface area contributed by atoms with Crippen LogP contribution in [0.1, 0.15) is 5.56 Å². The van der Waals surface area contributed by atoms with E-state index in [0.29, 0.717) is 15.6 Å². The molecule has 5 nitrogen and oxygen atoms in total. The molecule has 3 aromatic rings. The van der Waals surface area contributed by atoms with Gasteiger partial charge in [0, 0.05) is 17.3 Å². The minimum Gasteiger partial charge on any atom is -0.496 e. The third-order valence-electron chi connectivity index (χ3n) is 3.45. The van der Waals surface area contributed by atoms with Crippen LogP contribution in [0.15, 0.2) is 59.7 Å². The van der Waals surface area contributed by atoms with Crippen LogP contribution in [0.2, 0.25) is 5.02 Å². The van der Waals surface area contributed by atoms with E-state index in [1.807, 2.05) is 54.6 Å².